The van der Waals surface area contributed by atoms with Gasteiger partial charge in [0.15, 0.2) is 0 Å². The van der Waals surface area contributed by atoms with Crippen LogP contribution in [0.25, 0.3) is 0 Å². The Morgan fingerprint density at radius 3 is 2.71 bits per heavy atom. The Bertz CT molecular complexity index is 825. The van der Waals surface area contributed by atoms with E-state index in [0.717, 1.165) is 46.6 Å². The molecule has 24 heavy (non-hydrogen) atoms. The van der Waals surface area contributed by atoms with Gasteiger partial charge in [-0.05, 0) is 42.2 Å². The molecule has 2 aliphatic rings. The zero-order chi connectivity index (χ0) is 16.8. The number of benzene rings is 2. The molecule has 4 nitrogen and oxygen atoms in total. The highest BCUT2D eigenvalue weighted by molar-refractivity contribution is 5.52. The van der Waals surface area contributed by atoms with Crippen LogP contribution in [0.5, 0.6) is 23.0 Å². The number of ether oxygens (including phenoxy) is 2. The van der Waals surface area contributed by atoms with Crippen molar-refractivity contribution in [1.29, 1.82) is 0 Å². The summed E-state index contributed by atoms with van der Waals surface area (Å²) in [6.07, 6.45) is 1.55. The molecule has 0 radical (unpaired) electrons. The maximum atomic E-state index is 10.4. The van der Waals surface area contributed by atoms with Crippen LogP contribution < -0.4 is 9.47 Å². The summed E-state index contributed by atoms with van der Waals surface area (Å²) in [4.78, 5) is 0. The van der Waals surface area contributed by atoms with E-state index in [4.69, 9.17) is 9.47 Å². The Balaban J connectivity index is 1.63. The molecule has 2 aromatic rings. The van der Waals surface area contributed by atoms with Gasteiger partial charge in [0, 0.05) is 30.0 Å². The lowest BCUT2D eigenvalue weighted by Crippen LogP contribution is -2.19. The lowest BCUT2D eigenvalue weighted by molar-refractivity contribution is 0.257. The largest absolute Gasteiger partial charge is 0.508 e. The second kappa shape index (κ2) is 5.48. The average molecular weight is 324 g/mol. The first kappa shape index (κ1) is 14.9. The van der Waals surface area contributed by atoms with E-state index in [2.05, 4.69) is 6.58 Å². The molecule has 4 rings (SSSR count). The van der Waals surface area contributed by atoms with Gasteiger partial charge < -0.3 is 19.7 Å². The van der Waals surface area contributed by atoms with Crippen LogP contribution in [-0.2, 0) is 12.8 Å². The van der Waals surface area contributed by atoms with Crippen LogP contribution in [0.4, 0.5) is 0 Å². The molecular weight excluding hydrogens is 304 g/mol. The summed E-state index contributed by atoms with van der Waals surface area (Å²) in [6.45, 7) is 6.40. The molecule has 0 bridgehead atoms. The van der Waals surface area contributed by atoms with Crippen LogP contribution in [0, 0.1) is 0 Å². The van der Waals surface area contributed by atoms with Gasteiger partial charge >= 0.3 is 0 Å². The fourth-order valence-corrected chi connectivity index (χ4v) is 3.46. The summed E-state index contributed by atoms with van der Waals surface area (Å²) in [7, 11) is 0. The molecule has 0 amide bonds. The highest BCUT2D eigenvalue weighted by atomic mass is 16.5. The molecule has 2 unspecified atom stereocenters. The van der Waals surface area contributed by atoms with E-state index in [0.29, 0.717) is 6.61 Å². The molecule has 2 aliphatic heterocycles. The Kier molecular flexibility index (Phi) is 3.41. The number of phenolic OH excluding ortho intramolecular Hbond substituents is 2. The van der Waals surface area contributed by atoms with E-state index in [-0.39, 0.29) is 23.5 Å². The average Bonchev–Trinajstić information content (AvgIpc) is 2.96. The number of aromatic hydroxyl groups is 2. The first-order valence-electron chi connectivity index (χ1n) is 8.14. The van der Waals surface area contributed by atoms with Gasteiger partial charge in [-0.2, -0.15) is 0 Å². The van der Waals surface area contributed by atoms with Crippen molar-refractivity contribution in [1.82, 2.24) is 0 Å². The summed E-state index contributed by atoms with van der Waals surface area (Å²) in [5, 5.41) is 20.0. The van der Waals surface area contributed by atoms with Gasteiger partial charge in [-0.1, -0.05) is 12.6 Å². The van der Waals surface area contributed by atoms with Crippen molar-refractivity contribution in [2.24, 2.45) is 0 Å². The fraction of sp³-hybridized carbons (Fsp3) is 0.300. The van der Waals surface area contributed by atoms with Crippen molar-refractivity contribution in [3.63, 3.8) is 0 Å². The zero-order valence-corrected chi connectivity index (χ0v) is 13.6. The lowest BCUT2D eigenvalue weighted by atomic mass is 9.88. The molecule has 2 aromatic carbocycles. The van der Waals surface area contributed by atoms with Crippen LogP contribution in [0.15, 0.2) is 42.5 Å². The summed E-state index contributed by atoms with van der Waals surface area (Å²) in [5.41, 5.74) is 4.02. The molecule has 0 saturated heterocycles. The van der Waals surface area contributed by atoms with Crippen molar-refractivity contribution >= 4 is 0 Å². The highest BCUT2D eigenvalue weighted by Crippen LogP contribution is 2.42. The van der Waals surface area contributed by atoms with Gasteiger partial charge in [-0.3, -0.25) is 0 Å². The maximum Gasteiger partial charge on any atom is 0.127 e. The van der Waals surface area contributed by atoms with E-state index in [1.807, 2.05) is 19.1 Å². The first-order chi connectivity index (χ1) is 11.5. The quantitative estimate of drug-likeness (QED) is 0.827. The van der Waals surface area contributed by atoms with Crippen molar-refractivity contribution < 1.29 is 19.7 Å². The summed E-state index contributed by atoms with van der Waals surface area (Å²) in [5.74, 6) is 1.99. The third-order valence-electron chi connectivity index (χ3n) is 4.83. The van der Waals surface area contributed by atoms with Crippen LogP contribution in [0.2, 0.25) is 0 Å². The van der Waals surface area contributed by atoms with Crippen LogP contribution in [-0.4, -0.2) is 22.9 Å². The molecule has 2 atom stereocenters. The second-order valence-electron chi connectivity index (χ2n) is 6.68. The van der Waals surface area contributed by atoms with Gasteiger partial charge in [0.25, 0.3) is 0 Å². The standard InChI is InChI=1S/C20H20O4/c1-11(2)18-7-13-6-16(17(22)9-20(13)24-18)14-5-12-3-4-15(21)8-19(12)23-10-14/h3-4,6,8-9,14,18,21-22H,1,5,7,10H2,2H3. The van der Waals surface area contributed by atoms with Crippen molar-refractivity contribution in [2.75, 3.05) is 6.61 Å². The molecule has 0 fully saturated rings. The first-order valence-corrected chi connectivity index (χ1v) is 8.14. The molecule has 0 aliphatic carbocycles. The summed E-state index contributed by atoms with van der Waals surface area (Å²) in [6, 6.07) is 8.92. The van der Waals surface area contributed by atoms with Crippen LogP contribution in [0.1, 0.15) is 29.5 Å². The van der Waals surface area contributed by atoms with E-state index in [1.165, 1.54) is 0 Å². The van der Waals surface area contributed by atoms with E-state index in [1.54, 1.807) is 18.2 Å². The van der Waals surface area contributed by atoms with Gasteiger partial charge in [0.05, 0.1) is 6.61 Å². The van der Waals surface area contributed by atoms with Gasteiger partial charge in [0.2, 0.25) is 0 Å². The van der Waals surface area contributed by atoms with Crippen molar-refractivity contribution in [3.8, 4) is 23.0 Å². The van der Waals surface area contributed by atoms with E-state index in [9.17, 15) is 10.2 Å². The third-order valence-corrected chi connectivity index (χ3v) is 4.83. The normalized spacial score (nSPS) is 21.4. The molecule has 124 valence electrons. The van der Waals surface area contributed by atoms with Crippen molar-refractivity contribution in [3.05, 3.63) is 59.2 Å². The Morgan fingerprint density at radius 2 is 1.92 bits per heavy atom. The molecule has 0 spiro atoms. The topological polar surface area (TPSA) is 58.9 Å². The zero-order valence-electron chi connectivity index (χ0n) is 13.6. The monoisotopic (exact) mass is 324 g/mol. The summed E-state index contributed by atoms with van der Waals surface area (Å²) < 4.78 is 11.6. The number of fused-ring (bicyclic) bond motifs is 2. The fourth-order valence-electron chi connectivity index (χ4n) is 3.46. The van der Waals surface area contributed by atoms with Gasteiger partial charge in [0.1, 0.15) is 29.1 Å². The number of hydrogen-bond acceptors (Lipinski definition) is 4. The summed E-state index contributed by atoms with van der Waals surface area (Å²) >= 11 is 0. The number of phenols is 2. The second-order valence-corrected chi connectivity index (χ2v) is 6.68. The maximum absolute atomic E-state index is 10.4. The van der Waals surface area contributed by atoms with Crippen LogP contribution in [0.3, 0.4) is 0 Å². The third kappa shape index (κ3) is 2.48. The van der Waals surface area contributed by atoms with Gasteiger partial charge in [-0.15, -0.1) is 0 Å². The van der Waals surface area contributed by atoms with Gasteiger partial charge in [-0.25, -0.2) is 0 Å². The number of rotatable bonds is 2. The van der Waals surface area contributed by atoms with E-state index < -0.39 is 0 Å². The van der Waals surface area contributed by atoms with Crippen LogP contribution >= 0.6 is 0 Å². The molecular formula is C20H20O4. The smallest absolute Gasteiger partial charge is 0.127 e. The minimum absolute atomic E-state index is 0.0130. The lowest BCUT2D eigenvalue weighted by Gasteiger charge is -2.26. The Morgan fingerprint density at radius 1 is 1.08 bits per heavy atom. The number of hydrogen-bond donors (Lipinski definition) is 2. The van der Waals surface area contributed by atoms with Crippen molar-refractivity contribution in [2.45, 2.75) is 31.8 Å². The minimum Gasteiger partial charge on any atom is -0.508 e. The minimum atomic E-state index is -0.0130. The molecule has 2 N–H and O–H groups in total. The molecule has 2 heterocycles. The molecule has 0 saturated carbocycles. The Labute approximate surface area is 141 Å². The molecule has 0 aromatic heterocycles. The SMILES string of the molecule is C=C(C)C1Cc2cc(C3COc4cc(O)ccc4C3)c(O)cc2O1. The predicted octanol–water partition coefficient (Wildman–Crippen LogP) is 3.70. The van der Waals surface area contributed by atoms with E-state index >= 15 is 0 Å². The molecule has 4 heteroatoms. The Hall–Kier alpha value is -2.62. The predicted molar refractivity (Wildman–Crippen MR) is 91.1 cm³/mol. The highest BCUT2D eigenvalue weighted by Gasteiger charge is 2.29.